The van der Waals surface area contributed by atoms with Gasteiger partial charge in [-0.25, -0.2) is 0 Å². The Morgan fingerprint density at radius 1 is 1.38 bits per heavy atom. The molecule has 1 saturated carbocycles. The zero-order valence-electron chi connectivity index (χ0n) is 15.6. The molecule has 1 fully saturated rings. The lowest BCUT2D eigenvalue weighted by Crippen LogP contribution is -2.45. The third-order valence-electron chi connectivity index (χ3n) is 4.87. The fraction of sp³-hybridized carbons (Fsp3) is 0.526. The number of H-pyrrole nitrogens is 1. The Morgan fingerprint density at radius 3 is 2.77 bits per heavy atom. The fourth-order valence-corrected chi connectivity index (χ4v) is 3.21. The van der Waals surface area contributed by atoms with E-state index < -0.39 is 6.10 Å². The van der Waals surface area contributed by atoms with Crippen molar-refractivity contribution in [2.45, 2.75) is 57.3 Å². The molecule has 2 N–H and O–H groups in total. The molecule has 7 nitrogen and oxygen atoms in total. The van der Waals surface area contributed by atoms with E-state index in [1.807, 2.05) is 0 Å². The zero-order valence-corrected chi connectivity index (χ0v) is 15.6. The maximum absolute atomic E-state index is 12.8. The van der Waals surface area contributed by atoms with Gasteiger partial charge in [-0.1, -0.05) is 20.8 Å². The Balaban J connectivity index is 1.67. The van der Waals surface area contributed by atoms with Crippen LogP contribution >= 0.6 is 0 Å². The third-order valence-corrected chi connectivity index (χ3v) is 4.87. The van der Waals surface area contributed by atoms with Gasteiger partial charge in [0.05, 0.1) is 12.2 Å². The van der Waals surface area contributed by atoms with Gasteiger partial charge in [0.2, 0.25) is 0 Å². The molecule has 0 saturated heterocycles. The largest absolute Gasteiger partial charge is 0.486 e. The summed E-state index contributed by atoms with van der Waals surface area (Å²) in [5.74, 6) is 0.413. The second-order valence-electron chi connectivity index (χ2n) is 7.81. The minimum Gasteiger partial charge on any atom is -0.486 e. The number of nitrogens with one attached hydrogen (secondary N) is 1. The van der Waals surface area contributed by atoms with Gasteiger partial charge in [0, 0.05) is 24.4 Å². The van der Waals surface area contributed by atoms with E-state index in [2.05, 4.69) is 36.0 Å². The molecule has 1 amide bonds. The second kappa shape index (κ2) is 7.07. The SMILES string of the molecule is CN(C(=O)c1cc(C(C)(C)C)[nH]n1)[C@@H]1CC[C@@H](Oc2cccnc2)[C@@H]1O. The monoisotopic (exact) mass is 358 g/mol. The first-order valence-electron chi connectivity index (χ1n) is 8.85. The number of aliphatic hydroxyl groups is 1. The fourth-order valence-electron chi connectivity index (χ4n) is 3.21. The van der Waals surface area contributed by atoms with E-state index in [0.29, 0.717) is 24.3 Å². The van der Waals surface area contributed by atoms with Crippen molar-refractivity contribution >= 4 is 5.91 Å². The van der Waals surface area contributed by atoms with E-state index in [-0.39, 0.29) is 23.5 Å². The molecule has 2 aromatic heterocycles. The molecule has 1 aliphatic rings. The van der Waals surface area contributed by atoms with Gasteiger partial charge < -0.3 is 14.7 Å². The molecule has 0 unspecified atom stereocenters. The predicted octanol–water partition coefficient (Wildman–Crippen LogP) is 2.15. The van der Waals surface area contributed by atoms with Crippen molar-refractivity contribution in [3.63, 3.8) is 0 Å². The Hall–Kier alpha value is -2.41. The van der Waals surface area contributed by atoms with Crippen LogP contribution in [-0.4, -0.2) is 56.4 Å². The number of carbonyl (C=O) groups is 1. The van der Waals surface area contributed by atoms with Crippen LogP contribution in [-0.2, 0) is 5.41 Å². The highest BCUT2D eigenvalue weighted by Gasteiger charge is 2.40. The minimum atomic E-state index is -0.759. The number of aromatic amines is 1. The number of aliphatic hydroxyl groups excluding tert-OH is 1. The maximum atomic E-state index is 12.8. The van der Waals surface area contributed by atoms with E-state index in [1.54, 1.807) is 42.5 Å². The van der Waals surface area contributed by atoms with Crippen LogP contribution in [0.3, 0.4) is 0 Å². The van der Waals surface area contributed by atoms with Crippen LogP contribution in [0.15, 0.2) is 30.6 Å². The minimum absolute atomic E-state index is 0.111. The molecule has 140 valence electrons. The number of likely N-dealkylation sites (N-methyl/N-ethyl adjacent to an activating group) is 1. The summed E-state index contributed by atoms with van der Waals surface area (Å²) in [5, 5.41) is 17.7. The molecule has 0 spiro atoms. The smallest absolute Gasteiger partial charge is 0.274 e. The van der Waals surface area contributed by atoms with Gasteiger partial charge in [0.15, 0.2) is 0 Å². The Bertz CT molecular complexity index is 754. The number of hydrogen-bond acceptors (Lipinski definition) is 5. The summed E-state index contributed by atoms with van der Waals surface area (Å²) in [6.45, 7) is 6.17. The summed E-state index contributed by atoms with van der Waals surface area (Å²) in [5.41, 5.74) is 1.15. The molecule has 0 aliphatic heterocycles. The van der Waals surface area contributed by atoms with Gasteiger partial charge in [-0.3, -0.25) is 14.9 Å². The van der Waals surface area contributed by atoms with E-state index >= 15 is 0 Å². The lowest BCUT2D eigenvalue weighted by molar-refractivity contribution is 0.0163. The van der Waals surface area contributed by atoms with Crippen LogP contribution in [0.5, 0.6) is 5.75 Å². The van der Waals surface area contributed by atoms with Crippen LogP contribution in [0.25, 0.3) is 0 Å². The number of pyridine rings is 1. The first kappa shape index (κ1) is 18.4. The lowest BCUT2D eigenvalue weighted by Gasteiger charge is -2.28. The van der Waals surface area contributed by atoms with Gasteiger partial charge in [-0.2, -0.15) is 5.10 Å². The Labute approximate surface area is 153 Å². The maximum Gasteiger partial charge on any atom is 0.274 e. The number of amides is 1. The highest BCUT2D eigenvalue weighted by Crippen LogP contribution is 2.29. The second-order valence-corrected chi connectivity index (χ2v) is 7.81. The predicted molar refractivity (Wildman–Crippen MR) is 97.1 cm³/mol. The van der Waals surface area contributed by atoms with Gasteiger partial charge >= 0.3 is 0 Å². The van der Waals surface area contributed by atoms with Crippen molar-refractivity contribution in [1.29, 1.82) is 0 Å². The van der Waals surface area contributed by atoms with E-state index in [1.165, 1.54) is 0 Å². The number of nitrogens with zero attached hydrogens (tertiary/aromatic N) is 3. The summed E-state index contributed by atoms with van der Waals surface area (Å²) >= 11 is 0. The summed E-state index contributed by atoms with van der Waals surface area (Å²) < 4.78 is 5.83. The van der Waals surface area contributed by atoms with E-state index in [4.69, 9.17) is 4.74 Å². The Kier molecular flexibility index (Phi) is 5.00. The lowest BCUT2D eigenvalue weighted by atomic mass is 9.92. The van der Waals surface area contributed by atoms with Crippen LogP contribution < -0.4 is 4.74 Å². The number of hydrogen-bond donors (Lipinski definition) is 2. The Morgan fingerprint density at radius 2 is 2.15 bits per heavy atom. The van der Waals surface area contributed by atoms with Crippen LogP contribution in [0, 0.1) is 0 Å². The molecule has 2 aromatic rings. The molecular weight excluding hydrogens is 332 g/mol. The van der Waals surface area contributed by atoms with Gasteiger partial charge in [0.1, 0.15) is 23.7 Å². The average Bonchev–Trinajstić information content (AvgIpc) is 3.23. The molecule has 0 radical (unpaired) electrons. The molecule has 7 heteroatoms. The highest BCUT2D eigenvalue weighted by atomic mass is 16.5. The van der Waals surface area contributed by atoms with Crippen molar-refractivity contribution in [2.75, 3.05) is 7.05 Å². The summed E-state index contributed by atoms with van der Waals surface area (Å²) in [6, 6.07) is 5.07. The summed E-state index contributed by atoms with van der Waals surface area (Å²) in [7, 11) is 1.70. The summed E-state index contributed by atoms with van der Waals surface area (Å²) in [6.07, 6.45) is 3.51. The van der Waals surface area contributed by atoms with Crippen molar-refractivity contribution in [1.82, 2.24) is 20.1 Å². The molecule has 3 rings (SSSR count). The van der Waals surface area contributed by atoms with Gasteiger partial charge in [-0.05, 0) is 31.0 Å². The van der Waals surface area contributed by atoms with Gasteiger partial charge in [-0.15, -0.1) is 0 Å². The van der Waals surface area contributed by atoms with Crippen LogP contribution in [0.4, 0.5) is 0 Å². The highest BCUT2D eigenvalue weighted by molar-refractivity contribution is 5.92. The third kappa shape index (κ3) is 3.72. The van der Waals surface area contributed by atoms with Crippen molar-refractivity contribution in [3.8, 4) is 5.75 Å². The van der Waals surface area contributed by atoms with Crippen LogP contribution in [0.1, 0.15) is 49.8 Å². The number of carbonyl (C=O) groups excluding carboxylic acids is 1. The average molecular weight is 358 g/mol. The topological polar surface area (TPSA) is 91.3 Å². The summed E-state index contributed by atoms with van der Waals surface area (Å²) in [4.78, 5) is 18.3. The standard InChI is InChI=1S/C19H26N4O3/c1-19(2,3)16-10-13(21-22-16)18(25)23(4)14-7-8-15(17(14)24)26-12-6-5-9-20-11-12/h5-6,9-11,14-15,17,24H,7-8H2,1-4H3,(H,21,22)/t14-,15-,17-/m1/s1. The molecule has 0 aromatic carbocycles. The number of rotatable bonds is 4. The normalized spacial score (nSPS) is 23.0. The van der Waals surface area contributed by atoms with Crippen LogP contribution in [0.2, 0.25) is 0 Å². The number of aromatic nitrogens is 3. The van der Waals surface area contributed by atoms with Crippen molar-refractivity contribution in [2.24, 2.45) is 0 Å². The van der Waals surface area contributed by atoms with Crippen molar-refractivity contribution < 1.29 is 14.6 Å². The molecular formula is C19H26N4O3. The molecule has 26 heavy (non-hydrogen) atoms. The zero-order chi connectivity index (χ0) is 18.9. The van der Waals surface area contributed by atoms with E-state index in [9.17, 15) is 9.90 Å². The molecule has 3 atom stereocenters. The quantitative estimate of drug-likeness (QED) is 0.874. The number of ether oxygens (including phenoxy) is 1. The van der Waals surface area contributed by atoms with Crippen molar-refractivity contribution in [3.05, 3.63) is 42.0 Å². The first-order chi connectivity index (χ1) is 12.3. The van der Waals surface area contributed by atoms with Gasteiger partial charge in [0.25, 0.3) is 5.91 Å². The molecule has 1 aliphatic carbocycles. The molecule has 0 bridgehead atoms. The molecule has 2 heterocycles. The first-order valence-corrected chi connectivity index (χ1v) is 8.85. The van der Waals surface area contributed by atoms with E-state index in [0.717, 1.165) is 5.69 Å².